The van der Waals surface area contributed by atoms with Crippen LogP contribution in [0.5, 0.6) is 0 Å². The van der Waals surface area contributed by atoms with Crippen LogP contribution in [0.15, 0.2) is 22.9 Å². The van der Waals surface area contributed by atoms with Gasteiger partial charge in [-0.05, 0) is 27.6 Å². The van der Waals surface area contributed by atoms with Gasteiger partial charge in [0.15, 0.2) is 6.10 Å². The van der Waals surface area contributed by atoms with Crippen LogP contribution in [-0.4, -0.2) is 59.8 Å². The highest BCUT2D eigenvalue weighted by Crippen LogP contribution is 2.31. The molecule has 1 amide bonds. The third kappa shape index (κ3) is 3.58. The molecule has 0 bridgehead atoms. The molecule has 7 nitrogen and oxygen atoms in total. The van der Waals surface area contributed by atoms with Crippen molar-refractivity contribution in [3.63, 3.8) is 0 Å². The summed E-state index contributed by atoms with van der Waals surface area (Å²) < 4.78 is 10.9. The molecule has 1 aliphatic rings. The van der Waals surface area contributed by atoms with Gasteiger partial charge in [0.1, 0.15) is 6.61 Å². The van der Waals surface area contributed by atoms with E-state index < -0.39 is 18.1 Å². The number of carbonyl (C=O) groups excluding carboxylic acids is 1. The van der Waals surface area contributed by atoms with Crippen LogP contribution in [0.25, 0.3) is 0 Å². The van der Waals surface area contributed by atoms with Gasteiger partial charge in [0.2, 0.25) is 5.91 Å². The molecule has 0 spiro atoms. The number of carbonyl (C=O) groups is 2. The van der Waals surface area contributed by atoms with Gasteiger partial charge in [0.25, 0.3) is 0 Å². The minimum absolute atomic E-state index is 0.251. The molecule has 0 saturated carbocycles. The van der Waals surface area contributed by atoms with Crippen molar-refractivity contribution in [3.05, 3.63) is 28.5 Å². The Morgan fingerprint density at radius 1 is 1.62 bits per heavy atom. The third-order valence-electron chi connectivity index (χ3n) is 3.18. The molecule has 1 N–H and O–H groups in total. The molecule has 8 heteroatoms. The van der Waals surface area contributed by atoms with Crippen LogP contribution in [0.4, 0.5) is 0 Å². The van der Waals surface area contributed by atoms with Gasteiger partial charge in [-0.3, -0.25) is 9.78 Å². The van der Waals surface area contributed by atoms with Crippen molar-refractivity contribution in [1.29, 1.82) is 0 Å². The van der Waals surface area contributed by atoms with E-state index in [0.29, 0.717) is 23.2 Å². The fourth-order valence-electron chi connectivity index (χ4n) is 2.26. The maximum Gasteiger partial charge on any atom is 0.335 e. The zero-order valence-electron chi connectivity index (χ0n) is 11.4. The summed E-state index contributed by atoms with van der Waals surface area (Å²) in [5.74, 6) is -1.38. The minimum Gasteiger partial charge on any atom is -0.479 e. The second-order valence-corrected chi connectivity index (χ2v) is 5.45. The first kappa shape index (κ1) is 15.9. The van der Waals surface area contributed by atoms with Crippen LogP contribution >= 0.6 is 15.9 Å². The lowest BCUT2D eigenvalue weighted by Crippen LogP contribution is -2.52. The van der Waals surface area contributed by atoms with Crippen LogP contribution in [0, 0.1) is 0 Å². The molecule has 2 atom stereocenters. The van der Waals surface area contributed by atoms with Crippen LogP contribution in [0.1, 0.15) is 11.6 Å². The molecule has 2 unspecified atom stereocenters. The number of pyridine rings is 1. The van der Waals surface area contributed by atoms with Gasteiger partial charge in [-0.15, -0.1) is 0 Å². The Hall–Kier alpha value is -1.51. The van der Waals surface area contributed by atoms with E-state index in [1.807, 2.05) is 0 Å². The number of amides is 1. The molecule has 114 valence electrons. The number of hydrogen-bond acceptors (Lipinski definition) is 5. The topological polar surface area (TPSA) is 89.0 Å². The first-order valence-electron chi connectivity index (χ1n) is 6.28. The molecule has 1 fully saturated rings. The molecule has 0 aliphatic carbocycles. The maximum absolute atomic E-state index is 12.1. The van der Waals surface area contributed by atoms with Gasteiger partial charge in [-0.25, -0.2) is 4.79 Å². The Bertz CT molecular complexity index is 539. The van der Waals surface area contributed by atoms with Crippen LogP contribution in [0.2, 0.25) is 0 Å². The fraction of sp³-hybridized carbons (Fsp3) is 0.462. The van der Waals surface area contributed by atoms with Gasteiger partial charge < -0.3 is 19.5 Å². The summed E-state index contributed by atoms with van der Waals surface area (Å²) in [5.41, 5.74) is 0.598. The highest BCUT2D eigenvalue weighted by Gasteiger charge is 2.41. The average molecular weight is 359 g/mol. The highest BCUT2D eigenvalue weighted by molar-refractivity contribution is 9.10. The number of aliphatic carboxylic acids is 1. The maximum atomic E-state index is 12.1. The zero-order chi connectivity index (χ0) is 15.4. The van der Waals surface area contributed by atoms with Crippen molar-refractivity contribution in [2.45, 2.75) is 12.1 Å². The summed E-state index contributed by atoms with van der Waals surface area (Å²) >= 11 is 3.29. The van der Waals surface area contributed by atoms with Gasteiger partial charge in [0.05, 0.1) is 12.6 Å². The fourth-order valence-corrected chi connectivity index (χ4v) is 2.64. The van der Waals surface area contributed by atoms with Crippen molar-refractivity contribution in [2.24, 2.45) is 0 Å². The van der Waals surface area contributed by atoms with Crippen molar-refractivity contribution < 1.29 is 24.2 Å². The Morgan fingerprint density at radius 2 is 2.38 bits per heavy atom. The Kier molecular flexibility index (Phi) is 5.27. The number of halogens is 1. The van der Waals surface area contributed by atoms with Gasteiger partial charge in [-0.1, -0.05) is 0 Å². The van der Waals surface area contributed by atoms with E-state index in [2.05, 4.69) is 20.9 Å². The summed E-state index contributed by atoms with van der Waals surface area (Å²) in [6.45, 7) is 0.355. The molecular formula is C13H15BrN2O5. The van der Waals surface area contributed by atoms with E-state index >= 15 is 0 Å². The van der Waals surface area contributed by atoms with Crippen LogP contribution in [0.3, 0.4) is 0 Å². The number of hydrogen-bond donors (Lipinski definition) is 1. The standard InChI is InChI=1S/C13H15BrN2O5/c1-20-3-2-16-10(17)7-21-12(13(18)19)11(16)8-4-9(14)6-15-5-8/h4-6,11-12H,2-3,7H2,1H3,(H,18,19). The zero-order valence-corrected chi connectivity index (χ0v) is 12.9. The second kappa shape index (κ2) is 6.97. The predicted octanol–water partition coefficient (Wildman–Crippen LogP) is 0.844. The number of rotatable bonds is 5. The van der Waals surface area contributed by atoms with Gasteiger partial charge in [-0.2, -0.15) is 0 Å². The predicted molar refractivity (Wildman–Crippen MR) is 75.6 cm³/mol. The molecule has 0 aromatic carbocycles. The largest absolute Gasteiger partial charge is 0.479 e. The minimum atomic E-state index is -1.13. The van der Waals surface area contributed by atoms with E-state index in [4.69, 9.17) is 9.47 Å². The molecule has 1 aromatic heterocycles. The highest BCUT2D eigenvalue weighted by atomic mass is 79.9. The summed E-state index contributed by atoms with van der Waals surface area (Å²) in [5, 5.41) is 9.34. The molecule has 1 saturated heterocycles. The molecule has 1 aliphatic heterocycles. The van der Waals surface area contributed by atoms with Crippen molar-refractivity contribution in [3.8, 4) is 0 Å². The van der Waals surface area contributed by atoms with Gasteiger partial charge >= 0.3 is 5.97 Å². The summed E-state index contributed by atoms with van der Waals surface area (Å²) in [4.78, 5) is 29.0. The molecule has 21 heavy (non-hydrogen) atoms. The second-order valence-electron chi connectivity index (χ2n) is 4.53. The number of nitrogens with zero attached hydrogens (tertiary/aromatic N) is 2. The summed E-state index contributed by atoms with van der Waals surface area (Å²) in [6.07, 6.45) is 1.99. The van der Waals surface area contributed by atoms with E-state index in [0.717, 1.165) is 0 Å². The number of morpholine rings is 1. The summed E-state index contributed by atoms with van der Waals surface area (Å²) in [7, 11) is 1.52. The number of ether oxygens (including phenoxy) is 2. The quantitative estimate of drug-likeness (QED) is 0.838. The number of aromatic nitrogens is 1. The monoisotopic (exact) mass is 358 g/mol. The van der Waals surface area contributed by atoms with E-state index in [1.165, 1.54) is 18.2 Å². The van der Waals surface area contributed by atoms with Crippen molar-refractivity contribution in [2.75, 3.05) is 26.9 Å². The smallest absolute Gasteiger partial charge is 0.335 e. The first-order chi connectivity index (χ1) is 10.0. The Morgan fingerprint density at radius 3 is 3.00 bits per heavy atom. The lowest BCUT2D eigenvalue weighted by atomic mass is 9.99. The molecule has 2 heterocycles. The number of carboxylic acids is 1. The first-order valence-corrected chi connectivity index (χ1v) is 7.07. The number of methoxy groups -OCH3 is 1. The third-order valence-corrected chi connectivity index (χ3v) is 3.61. The van der Waals surface area contributed by atoms with E-state index in [9.17, 15) is 14.7 Å². The molecule has 2 rings (SSSR count). The molecular weight excluding hydrogens is 344 g/mol. The van der Waals surface area contributed by atoms with Crippen LogP contribution < -0.4 is 0 Å². The summed E-state index contributed by atoms with van der Waals surface area (Å²) in [6, 6.07) is 0.999. The molecule has 0 radical (unpaired) electrons. The van der Waals surface area contributed by atoms with Crippen molar-refractivity contribution >= 4 is 27.8 Å². The lowest BCUT2D eigenvalue weighted by molar-refractivity contribution is -0.173. The molecule has 1 aromatic rings. The van der Waals surface area contributed by atoms with E-state index in [1.54, 1.807) is 12.3 Å². The normalized spacial score (nSPS) is 22.4. The lowest BCUT2D eigenvalue weighted by Gasteiger charge is -2.39. The van der Waals surface area contributed by atoms with Crippen molar-refractivity contribution in [1.82, 2.24) is 9.88 Å². The van der Waals surface area contributed by atoms with Gasteiger partial charge in [0, 0.05) is 30.5 Å². The Labute approximate surface area is 130 Å². The SMILES string of the molecule is COCCN1C(=O)COC(C(=O)O)C1c1cncc(Br)c1. The number of carboxylic acid groups (broad SMARTS) is 1. The average Bonchev–Trinajstić information content (AvgIpc) is 2.45. The van der Waals surface area contributed by atoms with Crippen LogP contribution in [-0.2, 0) is 19.1 Å². The van der Waals surface area contributed by atoms with E-state index in [-0.39, 0.29) is 12.5 Å². The Balaban J connectivity index is 2.38.